The van der Waals surface area contributed by atoms with Crippen LogP contribution in [0.15, 0.2) is 60.7 Å². The molecule has 1 saturated heterocycles. The van der Waals surface area contributed by atoms with Gasteiger partial charge in [0, 0.05) is 25.0 Å². The number of carbonyl (C=O) groups is 3. The monoisotopic (exact) mass is 409 g/mol. The van der Waals surface area contributed by atoms with Gasteiger partial charge < -0.3 is 20.0 Å². The van der Waals surface area contributed by atoms with Gasteiger partial charge in [0.25, 0.3) is 0 Å². The molecule has 7 heteroatoms. The van der Waals surface area contributed by atoms with E-state index in [9.17, 15) is 19.5 Å². The predicted octanol–water partition coefficient (Wildman–Crippen LogP) is 1.83. The third-order valence-electron chi connectivity index (χ3n) is 5.20. The van der Waals surface area contributed by atoms with Crippen LogP contribution in [-0.4, -0.2) is 42.0 Å². The van der Waals surface area contributed by atoms with E-state index in [4.69, 9.17) is 4.74 Å². The number of benzene rings is 2. The fourth-order valence-electron chi connectivity index (χ4n) is 3.64. The molecule has 158 valence electrons. The standard InChI is InChI=1S/C23H26N2O5/c26-21(27)14-19(18-10-5-2-6-11-18)15-24-22(28)20-12-7-13-25(20)23(29)30-16-17-8-3-1-4-9-17/h1-6,8-11,19-20H,7,12-16H2,(H,24,28)(H,26,27)/p-1/t19-,20+/m0/s1. The van der Waals surface area contributed by atoms with Crippen LogP contribution in [0.4, 0.5) is 4.79 Å². The van der Waals surface area contributed by atoms with Gasteiger partial charge in [-0.15, -0.1) is 0 Å². The zero-order valence-electron chi connectivity index (χ0n) is 16.7. The van der Waals surface area contributed by atoms with Crippen LogP contribution >= 0.6 is 0 Å². The van der Waals surface area contributed by atoms with Crippen molar-refractivity contribution in [2.75, 3.05) is 13.1 Å². The average molecular weight is 409 g/mol. The van der Waals surface area contributed by atoms with Gasteiger partial charge in [0.05, 0.1) is 0 Å². The average Bonchev–Trinajstić information content (AvgIpc) is 3.26. The van der Waals surface area contributed by atoms with E-state index in [0.29, 0.717) is 19.4 Å². The lowest BCUT2D eigenvalue weighted by molar-refractivity contribution is -0.306. The Morgan fingerprint density at radius 3 is 2.40 bits per heavy atom. The molecule has 1 aliphatic heterocycles. The lowest BCUT2D eigenvalue weighted by Crippen LogP contribution is -2.47. The van der Waals surface area contributed by atoms with E-state index >= 15 is 0 Å². The van der Waals surface area contributed by atoms with Crippen molar-refractivity contribution >= 4 is 18.0 Å². The summed E-state index contributed by atoms with van der Waals surface area (Å²) in [5.41, 5.74) is 1.69. The maximum absolute atomic E-state index is 12.7. The van der Waals surface area contributed by atoms with Gasteiger partial charge in [0.15, 0.2) is 0 Å². The Morgan fingerprint density at radius 2 is 1.73 bits per heavy atom. The molecule has 0 spiro atoms. The van der Waals surface area contributed by atoms with Crippen molar-refractivity contribution in [3.63, 3.8) is 0 Å². The molecule has 0 aromatic heterocycles. The number of ether oxygens (including phenoxy) is 1. The molecular formula is C23H25N2O5-. The van der Waals surface area contributed by atoms with E-state index < -0.39 is 24.0 Å². The molecule has 30 heavy (non-hydrogen) atoms. The van der Waals surface area contributed by atoms with Gasteiger partial charge in [-0.25, -0.2) is 4.79 Å². The first-order valence-corrected chi connectivity index (χ1v) is 10.0. The Morgan fingerprint density at radius 1 is 1.07 bits per heavy atom. The van der Waals surface area contributed by atoms with Gasteiger partial charge >= 0.3 is 6.09 Å². The van der Waals surface area contributed by atoms with Crippen LogP contribution in [0.2, 0.25) is 0 Å². The Bertz CT molecular complexity index is 856. The van der Waals surface area contributed by atoms with E-state index in [1.165, 1.54) is 4.90 Å². The molecule has 0 radical (unpaired) electrons. The van der Waals surface area contributed by atoms with Crippen LogP contribution in [0.25, 0.3) is 0 Å². The fourth-order valence-corrected chi connectivity index (χ4v) is 3.64. The summed E-state index contributed by atoms with van der Waals surface area (Å²) < 4.78 is 5.36. The van der Waals surface area contributed by atoms with E-state index in [-0.39, 0.29) is 25.5 Å². The Balaban J connectivity index is 1.56. The lowest BCUT2D eigenvalue weighted by Gasteiger charge is -2.25. The number of carboxylic acids is 1. The van der Waals surface area contributed by atoms with Crippen molar-refractivity contribution in [3.05, 3.63) is 71.8 Å². The second-order valence-electron chi connectivity index (χ2n) is 7.32. The molecule has 2 atom stereocenters. The number of nitrogens with one attached hydrogen (secondary N) is 1. The maximum atomic E-state index is 12.7. The molecule has 1 N–H and O–H groups in total. The third kappa shape index (κ3) is 5.83. The highest BCUT2D eigenvalue weighted by Gasteiger charge is 2.35. The fraction of sp³-hybridized carbons (Fsp3) is 0.348. The molecule has 0 bridgehead atoms. The number of carbonyl (C=O) groups excluding carboxylic acids is 3. The number of nitrogens with zero attached hydrogens (tertiary/aromatic N) is 1. The maximum Gasteiger partial charge on any atom is 0.410 e. The van der Waals surface area contributed by atoms with Crippen molar-refractivity contribution in [2.24, 2.45) is 0 Å². The van der Waals surface area contributed by atoms with Crippen molar-refractivity contribution in [2.45, 2.75) is 37.8 Å². The molecule has 2 aromatic rings. The van der Waals surface area contributed by atoms with Crippen molar-refractivity contribution in [3.8, 4) is 0 Å². The molecule has 0 saturated carbocycles. The Labute approximate surface area is 175 Å². The predicted molar refractivity (Wildman–Crippen MR) is 108 cm³/mol. The lowest BCUT2D eigenvalue weighted by atomic mass is 9.95. The van der Waals surface area contributed by atoms with E-state index in [1.807, 2.05) is 60.7 Å². The quantitative estimate of drug-likeness (QED) is 0.717. The summed E-state index contributed by atoms with van der Waals surface area (Å²) in [5.74, 6) is -1.88. The Kier molecular flexibility index (Phi) is 7.43. The van der Waals surface area contributed by atoms with Crippen LogP contribution in [0.5, 0.6) is 0 Å². The van der Waals surface area contributed by atoms with Gasteiger partial charge in [0.2, 0.25) is 5.91 Å². The number of rotatable bonds is 8. The molecule has 1 fully saturated rings. The summed E-state index contributed by atoms with van der Waals surface area (Å²) in [6.07, 6.45) is 0.533. The summed E-state index contributed by atoms with van der Waals surface area (Å²) in [6, 6.07) is 17.9. The van der Waals surface area contributed by atoms with Gasteiger partial charge in [0.1, 0.15) is 12.6 Å². The van der Waals surface area contributed by atoms with Crippen LogP contribution in [0, 0.1) is 0 Å². The summed E-state index contributed by atoms with van der Waals surface area (Å²) in [4.78, 5) is 37.8. The molecule has 0 aliphatic carbocycles. The normalized spacial score (nSPS) is 16.7. The molecule has 7 nitrogen and oxygen atoms in total. The minimum Gasteiger partial charge on any atom is -0.550 e. The van der Waals surface area contributed by atoms with Crippen molar-refractivity contribution < 1.29 is 24.2 Å². The number of likely N-dealkylation sites (tertiary alicyclic amines) is 1. The molecular weight excluding hydrogens is 384 g/mol. The van der Waals surface area contributed by atoms with E-state index in [2.05, 4.69) is 5.32 Å². The highest BCUT2D eigenvalue weighted by Crippen LogP contribution is 2.21. The van der Waals surface area contributed by atoms with E-state index in [1.54, 1.807) is 0 Å². The van der Waals surface area contributed by atoms with Crippen LogP contribution in [-0.2, 0) is 20.9 Å². The topological polar surface area (TPSA) is 98.8 Å². The summed E-state index contributed by atoms with van der Waals surface area (Å²) in [6.45, 7) is 0.749. The van der Waals surface area contributed by atoms with Crippen LogP contribution in [0.3, 0.4) is 0 Å². The largest absolute Gasteiger partial charge is 0.550 e. The number of aliphatic carboxylic acids is 1. The number of hydrogen-bond donors (Lipinski definition) is 1. The van der Waals surface area contributed by atoms with Gasteiger partial charge in [-0.2, -0.15) is 0 Å². The second kappa shape index (κ2) is 10.4. The van der Waals surface area contributed by atoms with E-state index in [0.717, 1.165) is 11.1 Å². The minimum absolute atomic E-state index is 0.145. The summed E-state index contributed by atoms with van der Waals surface area (Å²) in [7, 11) is 0. The summed E-state index contributed by atoms with van der Waals surface area (Å²) in [5, 5.41) is 13.9. The molecule has 0 unspecified atom stereocenters. The first kappa shape index (κ1) is 21.4. The summed E-state index contributed by atoms with van der Waals surface area (Å²) >= 11 is 0. The molecule has 3 rings (SSSR count). The number of amides is 2. The second-order valence-corrected chi connectivity index (χ2v) is 7.32. The zero-order chi connectivity index (χ0) is 21.3. The molecule has 1 aliphatic rings. The first-order chi connectivity index (χ1) is 14.5. The van der Waals surface area contributed by atoms with Crippen LogP contribution in [0.1, 0.15) is 36.3 Å². The van der Waals surface area contributed by atoms with Crippen LogP contribution < -0.4 is 10.4 Å². The molecule has 2 amide bonds. The van der Waals surface area contributed by atoms with Gasteiger partial charge in [-0.05, 0) is 30.4 Å². The van der Waals surface area contributed by atoms with Gasteiger partial charge in [-0.1, -0.05) is 60.7 Å². The highest BCUT2D eigenvalue weighted by molar-refractivity contribution is 5.86. The molecule has 2 aromatic carbocycles. The van der Waals surface area contributed by atoms with Crippen molar-refractivity contribution in [1.82, 2.24) is 10.2 Å². The first-order valence-electron chi connectivity index (χ1n) is 10.0. The zero-order valence-corrected chi connectivity index (χ0v) is 16.7. The number of carboxylic acid groups (broad SMARTS) is 1. The Hall–Kier alpha value is -3.35. The van der Waals surface area contributed by atoms with Gasteiger partial charge in [-0.3, -0.25) is 9.69 Å². The molecule has 1 heterocycles. The SMILES string of the molecule is O=C([O-])C[C@@H](CNC(=O)[C@H]1CCCN1C(=O)OCc1ccccc1)c1ccccc1. The minimum atomic E-state index is -1.18. The third-order valence-corrected chi connectivity index (χ3v) is 5.20. The smallest absolute Gasteiger partial charge is 0.410 e. The van der Waals surface area contributed by atoms with Crippen molar-refractivity contribution in [1.29, 1.82) is 0 Å². The number of hydrogen-bond acceptors (Lipinski definition) is 5. The highest BCUT2D eigenvalue weighted by atomic mass is 16.6.